The van der Waals surface area contributed by atoms with Gasteiger partial charge in [-0.25, -0.2) is 0 Å². The van der Waals surface area contributed by atoms with E-state index < -0.39 is 0 Å². The molecule has 0 atom stereocenters. The highest BCUT2D eigenvalue weighted by molar-refractivity contribution is 6.31. The van der Waals surface area contributed by atoms with Crippen LogP contribution in [-0.2, 0) is 16.1 Å². The second-order valence-corrected chi connectivity index (χ2v) is 6.58. The van der Waals surface area contributed by atoms with Gasteiger partial charge in [0.1, 0.15) is 6.54 Å². The Balaban J connectivity index is 1.63. The Kier molecular flexibility index (Phi) is 4.57. The second-order valence-electron chi connectivity index (χ2n) is 6.14. The molecule has 3 rings (SSSR count). The number of hydrogen-bond acceptors (Lipinski definition) is 2. The van der Waals surface area contributed by atoms with Crippen molar-refractivity contribution >= 4 is 34.3 Å². The average molecular weight is 334 g/mol. The van der Waals surface area contributed by atoms with E-state index in [1.165, 1.54) is 0 Å². The van der Waals surface area contributed by atoms with Gasteiger partial charge in [-0.1, -0.05) is 17.7 Å². The molecule has 0 unspecified atom stereocenters. The van der Waals surface area contributed by atoms with Crippen molar-refractivity contribution < 1.29 is 9.59 Å². The van der Waals surface area contributed by atoms with Crippen LogP contribution in [0.3, 0.4) is 0 Å². The van der Waals surface area contributed by atoms with Gasteiger partial charge in [-0.05, 0) is 42.3 Å². The summed E-state index contributed by atoms with van der Waals surface area (Å²) in [4.78, 5) is 25.3. The van der Waals surface area contributed by atoms with E-state index in [0.29, 0.717) is 37.0 Å². The van der Waals surface area contributed by atoms with Crippen molar-refractivity contribution in [1.82, 2.24) is 9.47 Å². The van der Waals surface area contributed by atoms with Crippen LogP contribution in [0.15, 0.2) is 30.5 Å². The van der Waals surface area contributed by atoms with E-state index in [1.807, 2.05) is 39.9 Å². The van der Waals surface area contributed by atoms with Crippen molar-refractivity contribution in [1.29, 1.82) is 0 Å². The van der Waals surface area contributed by atoms with E-state index in [2.05, 4.69) is 0 Å². The summed E-state index contributed by atoms with van der Waals surface area (Å²) < 4.78 is 1.93. The minimum atomic E-state index is -0.259. The molecule has 1 aliphatic rings. The molecule has 0 saturated carbocycles. The van der Waals surface area contributed by atoms with Crippen molar-refractivity contribution in [2.45, 2.75) is 25.8 Å². The smallest absolute Gasteiger partial charge is 0.242 e. The number of benzene rings is 1. The van der Waals surface area contributed by atoms with Crippen molar-refractivity contribution in [3.05, 3.63) is 35.5 Å². The lowest BCUT2D eigenvalue weighted by molar-refractivity contribution is -0.133. The number of piperidine rings is 1. The molecule has 0 radical (unpaired) electrons. The molecular formula is C17H20ClN3O2. The van der Waals surface area contributed by atoms with Gasteiger partial charge < -0.3 is 15.2 Å². The van der Waals surface area contributed by atoms with Gasteiger partial charge in [0.15, 0.2) is 0 Å². The van der Waals surface area contributed by atoms with Crippen LogP contribution in [0.4, 0.5) is 0 Å². The van der Waals surface area contributed by atoms with Crippen LogP contribution in [0.2, 0.25) is 5.02 Å². The third kappa shape index (κ3) is 3.67. The summed E-state index contributed by atoms with van der Waals surface area (Å²) in [5.74, 6) is 0.147. The molecular weight excluding hydrogens is 314 g/mol. The Labute approximate surface area is 140 Å². The SMILES string of the molecule is NC(=O)CC1CCN(C(=O)Cn2ccc3ccc(Cl)cc32)CC1. The number of nitrogens with two attached hydrogens (primary N) is 1. The molecule has 1 aliphatic heterocycles. The van der Waals surface area contributed by atoms with Gasteiger partial charge in [-0.2, -0.15) is 0 Å². The summed E-state index contributed by atoms with van der Waals surface area (Å²) in [7, 11) is 0. The molecule has 1 saturated heterocycles. The van der Waals surface area contributed by atoms with E-state index in [4.69, 9.17) is 17.3 Å². The van der Waals surface area contributed by atoms with Gasteiger partial charge in [0.2, 0.25) is 11.8 Å². The molecule has 0 spiro atoms. The Bertz CT molecular complexity index is 733. The van der Waals surface area contributed by atoms with Crippen LogP contribution in [0.5, 0.6) is 0 Å². The van der Waals surface area contributed by atoms with E-state index in [-0.39, 0.29) is 11.8 Å². The van der Waals surface area contributed by atoms with Gasteiger partial charge in [0.25, 0.3) is 0 Å². The lowest BCUT2D eigenvalue weighted by Crippen LogP contribution is -2.40. The van der Waals surface area contributed by atoms with Gasteiger partial charge in [-0.3, -0.25) is 9.59 Å². The van der Waals surface area contributed by atoms with Crippen LogP contribution >= 0.6 is 11.6 Å². The van der Waals surface area contributed by atoms with E-state index in [0.717, 1.165) is 23.7 Å². The Morgan fingerprint density at radius 2 is 1.96 bits per heavy atom. The van der Waals surface area contributed by atoms with Gasteiger partial charge in [0, 0.05) is 36.2 Å². The Hall–Kier alpha value is -2.01. The lowest BCUT2D eigenvalue weighted by atomic mass is 9.93. The van der Waals surface area contributed by atoms with E-state index in [1.54, 1.807) is 0 Å². The fourth-order valence-electron chi connectivity index (χ4n) is 3.21. The third-order valence-corrected chi connectivity index (χ3v) is 4.73. The lowest BCUT2D eigenvalue weighted by Gasteiger charge is -2.31. The van der Waals surface area contributed by atoms with Crippen LogP contribution < -0.4 is 5.73 Å². The third-order valence-electron chi connectivity index (χ3n) is 4.50. The number of carbonyl (C=O) groups is 2. The first kappa shape index (κ1) is 15.9. The van der Waals surface area contributed by atoms with Crippen LogP contribution in [0.25, 0.3) is 10.9 Å². The molecule has 23 heavy (non-hydrogen) atoms. The van der Waals surface area contributed by atoms with Crippen molar-refractivity contribution in [2.24, 2.45) is 11.7 Å². The number of primary amides is 1. The number of likely N-dealkylation sites (tertiary alicyclic amines) is 1. The van der Waals surface area contributed by atoms with E-state index >= 15 is 0 Å². The molecule has 0 aliphatic carbocycles. The molecule has 122 valence electrons. The maximum atomic E-state index is 12.5. The summed E-state index contributed by atoms with van der Waals surface area (Å²) in [5, 5.41) is 1.74. The number of amides is 2. The number of nitrogens with zero attached hydrogens (tertiary/aromatic N) is 2. The van der Waals surface area contributed by atoms with Crippen molar-refractivity contribution in [3.8, 4) is 0 Å². The summed E-state index contributed by atoms with van der Waals surface area (Å²) in [6, 6.07) is 7.66. The number of rotatable bonds is 4. The van der Waals surface area contributed by atoms with E-state index in [9.17, 15) is 9.59 Å². The molecule has 1 aromatic heterocycles. The van der Waals surface area contributed by atoms with Gasteiger partial charge in [-0.15, -0.1) is 0 Å². The number of halogens is 1. The quantitative estimate of drug-likeness (QED) is 0.933. The van der Waals surface area contributed by atoms with Crippen LogP contribution in [0, 0.1) is 5.92 Å². The van der Waals surface area contributed by atoms with Crippen LogP contribution in [0.1, 0.15) is 19.3 Å². The Morgan fingerprint density at radius 1 is 1.22 bits per heavy atom. The maximum absolute atomic E-state index is 12.5. The number of fused-ring (bicyclic) bond motifs is 1. The normalized spacial score (nSPS) is 16.0. The number of hydrogen-bond donors (Lipinski definition) is 1. The summed E-state index contributed by atoms with van der Waals surface area (Å²) in [6.45, 7) is 1.69. The molecule has 1 aromatic carbocycles. The molecule has 2 N–H and O–H groups in total. The highest BCUT2D eigenvalue weighted by atomic mass is 35.5. The first-order valence-electron chi connectivity index (χ1n) is 7.83. The van der Waals surface area contributed by atoms with Gasteiger partial charge >= 0.3 is 0 Å². The largest absolute Gasteiger partial charge is 0.370 e. The van der Waals surface area contributed by atoms with Crippen molar-refractivity contribution in [3.63, 3.8) is 0 Å². The zero-order valence-corrected chi connectivity index (χ0v) is 13.6. The average Bonchev–Trinajstić information content (AvgIpc) is 2.89. The van der Waals surface area contributed by atoms with Crippen LogP contribution in [-0.4, -0.2) is 34.4 Å². The maximum Gasteiger partial charge on any atom is 0.242 e. The zero-order chi connectivity index (χ0) is 16.4. The second kappa shape index (κ2) is 6.62. The van der Waals surface area contributed by atoms with Gasteiger partial charge in [0.05, 0.1) is 0 Å². The standard InChI is InChI=1S/C17H20ClN3O2/c18-14-2-1-13-5-8-21(15(13)10-14)11-17(23)20-6-3-12(4-7-20)9-16(19)22/h1-2,5,8,10,12H,3-4,6-7,9,11H2,(H2,19,22). The fraction of sp³-hybridized carbons (Fsp3) is 0.412. The first-order valence-corrected chi connectivity index (χ1v) is 8.21. The molecule has 0 bridgehead atoms. The molecule has 6 heteroatoms. The molecule has 2 amide bonds. The molecule has 1 fully saturated rings. The zero-order valence-electron chi connectivity index (χ0n) is 12.9. The topological polar surface area (TPSA) is 68.3 Å². The van der Waals surface area contributed by atoms with Crippen molar-refractivity contribution in [2.75, 3.05) is 13.1 Å². The summed E-state index contributed by atoms with van der Waals surface area (Å²) >= 11 is 6.04. The predicted molar refractivity (Wildman–Crippen MR) is 90.1 cm³/mol. The number of carbonyl (C=O) groups excluding carboxylic acids is 2. The minimum absolute atomic E-state index is 0.0972. The fourth-order valence-corrected chi connectivity index (χ4v) is 3.38. The number of aromatic nitrogens is 1. The minimum Gasteiger partial charge on any atom is -0.370 e. The molecule has 2 aromatic rings. The highest BCUT2D eigenvalue weighted by Crippen LogP contribution is 2.23. The molecule has 5 nitrogen and oxygen atoms in total. The molecule has 2 heterocycles. The summed E-state index contributed by atoms with van der Waals surface area (Å²) in [6.07, 6.45) is 4.02. The first-order chi connectivity index (χ1) is 11.0. The predicted octanol–water partition coefficient (Wildman–Crippen LogP) is 2.41. The summed E-state index contributed by atoms with van der Waals surface area (Å²) in [5.41, 5.74) is 6.21. The highest BCUT2D eigenvalue weighted by Gasteiger charge is 2.24. The Morgan fingerprint density at radius 3 is 2.65 bits per heavy atom. The monoisotopic (exact) mass is 333 g/mol.